The van der Waals surface area contributed by atoms with Crippen LogP contribution in [0.2, 0.25) is 0 Å². The van der Waals surface area contributed by atoms with Crippen molar-refractivity contribution < 1.29 is 47.8 Å². The Hall–Kier alpha value is -2.72. The van der Waals surface area contributed by atoms with Gasteiger partial charge < -0.3 is 19.1 Å². The highest BCUT2D eigenvalue weighted by Crippen LogP contribution is 2.03. The van der Waals surface area contributed by atoms with Crippen molar-refractivity contribution in [3.8, 4) is 0 Å². The highest BCUT2D eigenvalue weighted by molar-refractivity contribution is 6.70. The van der Waals surface area contributed by atoms with Crippen molar-refractivity contribution >= 4 is 42.8 Å². The summed E-state index contributed by atoms with van der Waals surface area (Å²) in [6.07, 6.45) is 0. The average molecular weight is 244 g/mol. The summed E-state index contributed by atoms with van der Waals surface area (Å²) in [4.78, 5) is 63.1. The van der Waals surface area contributed by atoms with Crippen LogP contribution in [-0.2, 0) is 42.7 Å². The molecule has 1 fully saturated rings. The minimum absolute atomic E-state index is 1.62. The van der Waals surface area contributed by atoms with Crippen molar-refractivity contribution in [3.63, 3.8) is 0 Å². The van der Waals surface area contributed by atoms with Crippen molar-refractivity contribution in [1.29, 1.82) is 0 Å². The van der Waals surface area contributed by atoms with Crippen molar-refractivity contribution in [3.05, 3.63) is 0 Å². The van der Waals surface area contributed by atoms with Gasteiger partial charge in [-0.05, 0) is 0 Å². The van der Waals surface area contributed by atoms with E-state index in [0.717, 1.165) is 0 Å². The molecule has 10 nitrogen and oxygen atoms in total. The van der Waals surface area contributed by atoms with Crippen LogP contribution in [0.5, 0.6) is 0 Å². The average Bonchev–Trinajstić information content (AvgIpc) is 2.24. The number of hydrogen-bond donors (Lipinski definition) is 1. The Bertz CT molecular complexity index is 430. The molecule has 0 unspecified atom stereocenters. The summed E-state index contributed by atoms with van der Waals surface area (Å²) in [5, 5.41) is 8.11. The minimum atomic E-state index is -2.26. The quantitative estimate of drug-likeness (QED) is 0.305. The van der Waals surface area contributed by atoms with Gasteiger partial charge in [0.1, 0.15) is 0 Å². The molecular weight excluding hydrogens is 243 g/mol. The molecule has 0 aromatic rings. The molecular formula is C6HBO10. The zero-order valence-electron chi connectivity index (χ0n) is 7.70. The molecule has 0 atom stereocenters. The van der Waals surface area contributed by atoms with Gasteiger partial charge in [0.15, 0.2) is 0 Å². The molecule has 88 valence electrons. The van der Waals surface area contributed by atoms with E-state index in [0.29, 0.717) is 0 Å². The van der Waals surface area contributed by atoms with Crippen LogP contribution in [0.4, 0.5) is 0 Å². The fourth-order valence-electron chi connectivity index (χ4n) is 0.666. The molecule has 1 aliphatic heterocycles. The number of rotatable bonds is 3. The van der Waals surface area contributed by atoms with Crippen LogP contribution >= 0.6 is 0 Å². The molecule has 0 bridgehead atoms. The van der Waals surface area contributed by atoms with Crippen LogP contribution in [0.15, 0.2) is 0 Å². The lowest BCUT2D eigenvalue weighted by molar-refractivity contribution is -0.167. The monoisotopic (exact) mass is 244 g/mol. The van der Waals surface area contributed by atoms with Gasteiger partial charge in [-0.3, -0.25) is 9.59 Å². The van der Waals surface area contributed by atoms with Crippen LogP contribution in [0.1, 0.15) is 0 Å². The molecule has 0 saturated carbocycles. The van der Waals surface area contributed by atoms with E-state index in [2.05, 4.69) is 14.0 Å². The van der Waals surface area contributed by atoms with E-state index >= 15 is 0 Å². The highest BCUT2D eigenvalue weighted by Gasteiger charge is 2.48. The van der Waals surface area contributed by atoms with E-state index < -0.39 is 42.8 Å². The zero-order chi connectivity index (χ0) is 13.2. The van der Waals surface area contributed by atoms with Crippen LogP contribution in [0, 0.1) is 0 Å². The van der Waals surface area contributed by atoms with Crippen LogP contribution in [-0.4, -0.2) is 47.9 Å². The first-order valence-corrected chi connectivity index (χ1v) is 3.77. The molecule has 1 aliphatic rings. The third-order valence-corrected chi connectivity index (χ3v) is 1.36. The summed E-state index contributed by atoms with van der Waals surface area (Å²) >= 11 is 0. The molecule has 0 amide bonds. The zero-order valence-corrected chi connectivity index (χ0v) is 7.70. The van der Waals surface area contributed by atoms with Gasteiger partial charge in [-0.15, -0.1) is 0 Å². The number of carbonyl (C=O) groups excluding carboxylic acids is 5. The number of carboxylic acid groups (broad SMARTS) is 1. The maximum atomic E-state index is 10.7. The lowest BCUT2D eigenvalue weighted by Gasteiger charge is -2.15. The molecule has 11 heteroatoms. The Morgan fingerprint density at radius 3 is 1.94 bits per heavy atom. The van der Waals surface area contributed by atoms with E-state index in [1.807, 2.05) is 0 Å². The molecule has 0 radical (unpaired) electrons. The fraction of sp³-hybridized carbons (Fsp3) is 0. The predicted molar refractivity (Wildman–Crippen MR) is 41.7 cm³/mol. The van der Waals surface area contributed by atoms with Gasteiger partial charge in [0, 0.05) is 0 Å². The molecule has 0 aromatic carbocycles. The third kappa shape index (κ3) is 2.65. The molecule has 17 heavy (non-hydrogen) atoms. The van der Waals surface area contributed by atoms with Crippen LogP contribution in [0.3, 0.4) is 0 Å². The number of aliphatic carboxylic acids is 1. The SMILES string of the molecule is O=C(O)C(=O)C(=O)OB1OC(=O)C(=O)C(=O)O1. The second kappa shape index (κ2) is 4.43. The molecule has 1 saturated heterocycles. The topological polar surface area (TPSA) is 150 Å². The second-order valence-corrected chi connectivity index (χ2v) is 2.47. The van der Waals surface area contributed by atoms with E-state index in [1.165, 1.54) is 0 Å². The Balaban J connectivity index is 2.65. The van der Waals surface area contributed by atoms with E-state index in [-0.39, 0.29) is 0 Å². The largest absolute Gasteiger partial charge is 0.871 e. The Morgan fingerprint density at radius 2 is 1.53 bits per heavy atom. The maximum absolute atomic E-state index is 10.7. The number of carboxylic acids is 1. The molecule has 1 rings (SSSR count). The number of carbonyl (C=O) groups is 6. The van der Waals surface area contributed by atoms with E-state index in [9.17, 15) is 28.8 Å². The molecule has 1 heterocycles. The van der Waals surface area contributed by atoms with Gasteiger partial charge in [-0.1, -0.05) is 0 Å². The predicted octanol–water partition coefficient (Wildman–Crippen LogP) is -3.16. The first-order chi connectivity index (χ1) is 7.82. The summed E-state index contributed by atoms with van der Waals surface area (Å²) in [5.41, 5.74) is 0. The summed E-state index contributed by atoms with van der Waals surface area (Å²) in [6, 6.07) is 0. The Kier molecular flexibility index (Phi) is 3.22. The van der Waals surface area contributed by atoms with Crippen LogP contribution in [0.25, 0.3) is 0 Å². The highest BCUT2D eigenvalue weighted by atomic mass is 16.8. The molecule has 0 spiro atoms. The van der Waals surface area contributed by atoms with Gasteiger partial charge in [-0.2, -0.15) is 0 Å². The van der Waals surface area contributed by atoms with Gasteiger partial charge >= 0.3 is 42.8 Å². The summed E-state index contributed by atoms with van der Waals surface area (Å²) in [5.74, 6) is -10.9. The first kappa shape index (κ1) is 12.4. The third-order valence-electron chi connectivity index (χ3n) is 1.36. The smallest absolute Gasteiger partial charge is 0.475 e. The standard InChI is InChI=1S/C6HBO10/c8-1(3(10)11)4(12)15-7-16-5(13)2(9)6(14)17-7/h(H,10,11). The lowest BCUT2D eigenvalue weighted by atomic mass is 10.1. The van der Waals surface area contributed by atoms with Crippen molar-refractivity contribution in [1.82, 2.24) is 0 Å². The van der Waals surface area contributed by atoms with Gasteiger partial charge in [0.2, 0.25) is 0 Å². The van der Waals surface area contributed by atoms with Gasteiger partial charge in [0.05, 0.1) is 0 Å². The van der Waals surface area contributed by atoms with Gasteiger partial charge in [0.25, 0.3) is 0 Å². The van der Waals surface area contributed by atoms with Crippen LogP contribution < -0.4 is 0 Å². The van der Waals surface area contributed by atoms with Crippen molar-refractivity contribution in [2.45, 2.75) is 0 Å². The normalized spacial score (nSPS) is 14.8. The number of ketones is 2. The maximum Gasteiger partial charge on any atom is 0.871 e. The Morgan fingerprint density at radius 1 is 1.06 bits per heavy atom. The number of Topliss-reactive ketones (excluding diaryl/α,β-unsaturated/α-hetero) is 2. The van der Waals surface area contributed by atoms with E-state index in [4.69, 9.17) is 5.11 Å². The summed E-state index contributed by atoms with van der Waals surface area (Å²) in [7, 11) is -2.26. The van der Waals surface area contributed by atoms with E-state index in [1.54, 1.807) is 0 Å². The minimum Gasteiger partial charge on any atom is -0.475 e. The first-order valence-electron chi connectivity index (χ1n) is 3.77. The second-order valence-electron chi connectivity index (χ2n) is 2.47. The summed E-state index contributed by atoms with van der Waals surface area (Å²) in [6.45, 7) is 0. The van der Waals surface area contributed by atoms with Gasteiger partial charge in [-0.25, -0.2) is 19.2 Å². The molecule has 0 aromatic heterocycles. The number of hydrogen-bond acceptors (Lipinski definition) is 9. The van der Waals surface area contributed by atoms with Crippen molar-refractivity contribution in [2.75, 3.05) is 0 Å². The van der Waals surface area contributed by atoms with Crippen molar-refractivity contribution in [2.24, 2.45) is 0 Å². The molecule has 0 aliphatic carbocycles. The molecule has 1 N–H and O–H groups in total. The lowest BCUT2D eigenvalue weighted by Crippen LogP contribution is -2.47. The Labute approximate surface area is 91.6 Å². The summed E-state index contributed by atoms with van der Waals surface area (Å²) < 4.78 is 11.8. The fourth-order valence-corrected chi connectivity index (χ4v) is 0.666.